The SMILES string of the molecule is CC(C)C(C#N)c1cc2ccccc2o1. The van der Waals surface area contributed by atoms with Crippen molar-refractivity contribution >= 4 is 11.0 Å². The van der Waals surface area contributed by atoms with Gasteiger partial charge in [-0.15, -0.1) is 0 Å². The topological polar surface area (TPSA) is 36.9 Å². The van der Waals surface area contributed by atoms with Crippen LogP contribution in [0.15, 0.2) is 34.7 Å². The maximum Gasteiger partial charge on any atom is 0.134 e. The quantitative estimate of drug-likeness (QED) is 0.739. The van der Waals surface area contributed by atoms with Crippen molar-refractivity contribution in [2.24, 2.45) is 5.92 Å². The van der Waals surface area contributed by atoms with Gasteiger partial charge in [-0.25, -0.2) is 0 Å². The third-order valence-electron chi connectivity index (χ3n) is 2.56. The molecule has 2 rings (SSSR count). The fourth-order valence-electron chi connectivity index (χ4n) is 1.70. The number of nitrogens with zero attached hydrogens (tertiary/aromatic N) is 1. The molecule has 0 radical (unpaired) electrons. The summed E-state index contributed by atoms with van der Waals surface area (Å²) in [6.07, 6.45) is 0. The van der Waals surface area contributed by atoms with Crippen molar-refractivity contribution in [2.45, 2.75) is 19.8 Å². The Morgan fingerprint density at radius 3 is 2.60 bits per heavy atom. The van der Waals surface area contributed by atoms with Gasteiger partial charge >= 0.3 is 0 Å². The molecular formula is C13H13NO. The van der Waals surface area contributed by atoms with E-state index >= 15 is 0 Å². The zero-order valence-electron chi connectivity index (χ0n) is 8.90. The number of benzene rings is 1. The molecule has 0 amide bonds. The van der Waals surface area contributed by atoms with E-state index in [1.165, 1.54) is 0 Å². The molecule has 0 fully saturated rings. The molecule has 1 atom stereocenters. The zero-order chi connectivity index (χ0) is 10.8. The van der Waals surface area contributed by atoms with Gasteiger partial charge in [0.2, 0.25) is 0 Å². The summed E-state index contributed by atoms with van der Waals surface area (Å²) in [5.74, 6) is 0.890. The number of fused-ring (bicyclic) bond motifs is 1. The number of para-hydroxylation sites is 1. The minimum Gasteiger partial charge on any atom is -0.460 e. The average Bonchev–Trinajstić information content (AvgIpc) is 2.61. The third-order valence-corrected chi connectivity index (χ3v) is 2.56. The summed E-state index contributed by atoms with van der Waals surface area (Å²) < 4.78 is 5.66. The Morgan fingerprint density at radius 1 is 1.27 bits per heavy atom. The summed E-state index contributed by atoms with van der Waals surface area (Å²) in [5.41, 5.74) is 0.855. The number of furan rings is 1. The maximum atomic E-state index is 9.07. The van der Waals surface area contributed by atoms with Gasteiger partial charge < -0.3 is 4.42 Å². The predicted octanol–water partition coefficient (Wildman–Crippen LogP) is 3.70. The van der Waals surface area contributed by atoms with Crippen LogP contribution < -0.4 is 0 Å². The summed E-state index contributed by atoms with van der Waals surface area (Å²) in [4.78, 5) is 0. The first kappa shape index (κ1) is 9.79. The van der Waals surface area contributed by atoms with Crippen LogP contribution >= 0.6 is 0 Å². The Balaban J connectivity index is 2.49. The Bertz CT molecular complexity index is 471. The maximum absolute atomic E-state index is 9.07. The van der Waals surface area contributed by atoms with E-state index in [-0.39, 0.29) is 11.8 Å². The second kappa shape index (κ2) is 3.78. The minimum absolute atomic E-state index is 0.155. The molecule has 76 valence electrons. The summed E-state index contributed by atoms with van der Waals surface area (Å²) in [6.45, 7) is 4.06. The third kappa shape index (κ3) is 1.73. The van der Waals surface area contributed by atoms with Crippen molar-refractivity contribution in [1.82, 2.24) is 0 Å². The van der Waals surface area contributed by atoms with Crippen molar-refractivity contribution in [3.63, 3.8) is 0 Å². The molecule has 0 saturated carbocycles. The van der Waals surface area contributed by atoms with Crippen LogP contribution in [0.1, 0.15) is 25.5 Å². The molecule has 1 aromatic heterocycles. The van der Waals surface area contributed by atoms with Gasteiger partial charge in [-0.2, -0.15) is 5.26 Å². The summed E-state index contributed by atoms with van der Waals surface area (Å²) >= 11 is 0. The number of hydrogen-bond donors (Lipinski definition) is 0. The molecular weight excluding hydrogens is 186 g/mol. The molecule has 0 spiro atoms. The van der Waals surface area contributed by atoms with E-state index in [1.807, 2.05) is 44.2 Å². The largest absolute Gasteiger partial charge is 0.460 e. The van der Waals surface area contributed by atoms with Gasteiger partial charge in [-0.1, -0.05) is 32.0 Å². The molecule has 0 bridgehead atoms. The zero-order valence-corrected chi connectivity index (χ0v) is 8.90. The number of rotatable bonds is 2. The Labute approximate surface area is 89.1 Å². The lowest BCUT2D eigenvalue weighted by molar-refractivity contribution is 0.465. The monoisotopic (exact) mass is 199 g/mol. The van der Waals surface area contributed by atoms with Crippen LogP contribution in [-0.2, 0) is 0 Å². The van der Waals surface area contributed by atoms with Crippen LogP contribution in [0.2, 0.25) is 0 Å². The molecule has 1 unspecified atom stereocenters. The van der Waals surface area contributed by atoms with E-state index in [0.717, 1.165) is 16.7 Å². The van der Waals surface area contributed by atoms with E-state index in [9.17, 15) is 0 Å². The molecule has 0 N–H and O–H groups in total. The normalized spacial score (nSPS) is 12.9. The van der Waals surface area contributed by atoms with E-state index in [2.05, 4.69) is 6.07 Å². The second-order valence-electron chi connectivity index (χ2n) is 4.04. The van der Waals surface area contributed by atoms with Crippen LogP contribution in [0, 0.1) is 17.2 Å². The second-order valence-corrected chi connectivity index (χ2v) is 4.04. The highest BCUT2D eigenvalue weighted by Crippen LogP contribution is 2.29. The van der Waals surface area contributed by atoms with Crippen molar-refractivity contribution < 1.29 is 4.42 Å². The smallest absolute Gasteiger partial charge is 0.134 e. The summed E-state index contributed by atoms with van der Waals surface area (Å²) in [7, 11) is 0. The fourth-order valence-corrected chi connectivity index (χ4v) is 1.70. The first-order chi connectivity index (χ1) is 7.22. The van der Waals surface area contributed by atoms with Crippen molar-refractivity contribution in [2.75, 3.05) is 0 Å². The van der Waals surface area contributed by atoms with Crippen LogP contribution in [0.5, 0.6) is 0 Å². The van der Waals surface area contributed by atoms with Crippen LogP contribution in [0.25, 0.3) is 11.0 Å². The average molecular weight is 199 g/mol. The molecule has 2 aromatic rings. The molecule has 1 heterocycles. The highest BCUT2D eigenvalue weighted by Gasteiger charge is 2.19. The van der Waals surface area contributed by atoms with Crippen LogP contribution in [-0.4, -0.2) is 0 Å². The van der Waals surface area contributed by atoms with Crippen molar-refractivity contribution in [3.05, 3.63) is 36.1 Å². The van der Waals surface area contributed by atoms with E-state index in [0.29, 0.717) is 0 Å². The molecule has 2 nitrogen and oxygen atoms in total. The van der Waals surface area contributed by atoms with Gasteiger partial charge in [-0.3, -0.25) is 0 Å². The van der Waals surface area contributed by atoms with Gasteiger partial charge in [0.15, 0.2) is 0 Å². The van der Waals surface area contributed by atoms with Gasteiger partial charge in [0.25, 0.3) is 0 Å². The summed E-state index contributed by atoms with van der Waals surface area (Å²) in [5, 5.41) is 10.1. The molecule has 15 heavy (non-hydrogen) atoms. The Morgan fingerprint density at radius 2 is 2.00 bits per heavy atom. The lowest BCUT2D eigenvalue weighted by Gasteiger charge is -2.08. The van der Waals surface area contributed by atoms with Crippen molar-refractivity contribution in [3.8, 4) is 6.07 Å². The molecule has 0 aliphatic heterocycles. The first-order valence-electron chi connectivity index (χ1n) is 5.10. The van der Waals surface area contributed by atoms with Crippen LogP contribution in [0.3, 0.4) is 0 Å². The number of hydrogen-bond acceptors (Lipinski definition) is 2. The van der Waals surface area contributed by atoms with Gasteiger partial charge in [0.1, 0.15) is 17.3 Å². The Hall–Kier alpha value is -1.75. The van der Waals surface area contributed by atoms with E-state index < -0.39 is 0 Å². The molecule has 1 aromatic carbocycles. The molecule has 0 aliphatic rings. The predicted molar refractivity (Wildman–Crippen MR) is 59.4 cm³/mol. The Kier molecular flexibility index (Phi) is 2.47. The minimum atomic E-state index is -0.155. The highest BCUT2D eigenvalue weighted by molar-refractivity contribution is 5.77. The molecule has 2 heteroatoms. The first-order valence-corrected chi connectivity index (χ1v) is 5.10. The van der Waals surface area contributed by atoms with E-state index in [1.54, 1.807) is 0 Å². The lowest BCUT2D eigenvalue weighted by Crippen LogP contribution is -2.02. The lowest BCUT2D eigenvalue weighted by atomic mass is 9.95. The van der Waals surface area contributed by atoms with Gasteiger partial charge in [-0.05, 0) is 18.1 Å². The molecule has 0 aliphatic carbocycles. The highest BCUT2D eigenvalue weighted by atomic mass is 16.3. The van der Waals surface area contributed by atoms with E-state index in [4.69, 9.17) is 9.68 Å². The summed E-state index contributed by atoms with van der Waals surface area (Å²) in [6, 6.07) is 12.1. The molecule has 0 saturated heterocycles. The van der Waals surface area contributed by atoms with Crippen molar-refractivity contribution in [1.29, 1.82) is 5.26 Å². The fraction of sp³-hybridized carbons (Fsp3) is 0.308. The van der Waals surface area contributed by atoms with Gasteiger partial charge in [0.05, 0.1) is 6.07 Å². The van der Waals surface area contributed by atoms with Crippen LogP contribution in [0.4, 0.5) is 0 Å². The number of nitriles is 1. The standard InChI is InChI=1S/C13H13NO/c1-9(2)11(8-14)13-7-10-5-3-4-6-12(10)15-13/h3-7,9,11H,1-2H3. The van der Waals surface area contributed by atoms with Gasteiger partial charge in [0, 0.05) is 5.39 Å².